The molecule has 1 amide bonds. The molecule has 0 unspecified atom stereocenters. The lowest BCUT2D eigenvalue weighted by Crippen LogP contribution is -2.48. The summed E-state index contributed by atoms with van der Waals surface area (Å²) >= 11 is 0. The molecule has 6 heteroatoms. The first-order valence-corrected chi connectivity index (χ1v) is 9.67. The zero-order valence-electron chi connectivity index (χ0n) is 16.1. The van der Waals surface area contributed by atoms with Crippen molar-refractivity contribution in [3.05, 3.63) is 41.3 Å². The Kier molecular flexibility index (Phi) is 4.81. The monoisotopic (exact) mass is 370 g/mol. The van der Waals surface area contributed by atoms with Crippen LogP contribution in [0.4, 0.5) is 0 Å². The first kappa shape index (κ1) is 17.9. The molecule has 0 spiro atoms. The van der Waals surface area contributed by atoms with Gasteiger partial charge in [0.25, 0.3) is 5.91 Å². The lowest BCUT2D eigenvalue weighted by atomic mass is 9.98. The van der Waals surface area contributed by atoms with E-state index in [1.54, 1.807) is 7.11 Å². The van der Waals surface area contributed by atoms with E-state index in [2.05, 4.69) is 5.16 Å². The van der Waals surface area contributed by atoms with Crippen molar-refractivity contribution in [3.63, 3.8) is 0 Å². The van der Waals surface area contributed by atoms with E-state index in [4.69, 9.17) is 14.0 Å². The molecule has 0 N–H and O–H groups in total. The molecule has 1 aromatic carbocycles. The third-order valence-corrected chi connectivity index (χ3v) is 5.91. The lowest BCUT2D eigenvalue weighted by Gasteiger charge is -2.35. The number of ether oxygens (including phenoxy) is 2. The second-order valence-corrected chi connectivity index (χ2v) is 7.42. The fourth-order valence-corrected chi connectivity index (χ4v) is 4.56. The number of aromatic nitrogens is 1. The molecule has 4 rings (SSSR count). The van der Waals surface area contributed by atoms with Gasteiger partial charge in [0, 0.05) is 18.5 Å². The first-order valence-electron chi connectivity index (χ1n) is 9.67. The van der Waals surface area contributed by atoms with Crippen molar-refractivity contribution in [2.75, 3.05) is 13.7 Å². The van der Waals surface area contributed by atoms with Crippen molar-refractivity contribution in [1.29, 1.82) is 0 Å². The van der Waals surface area contributed by atoms with E-state index in [0.717, 1.165) is 30.8 Å². The Morgan fingerprint density at radius 2 is 2.15 bits per heavy atom. The minimum Gasteiger partial charge on any atom is -0.497 e. The molecule has 2 bridgehead atoms. The molecule has 2 aromatic rings. The van der Waals surface area contributed by atoms with Crippen molar-refractivity contribution in [2.24, 2.45) is 5.92 Å². The second kappa shape index (κ2) is 7.25. The molecule has 27 heavy (non-hydrogen) atoms. The Bertz CT molecular complexity index is 831. The number of hydrogen-bond donors (Lipinski definition) is 0. The maximum atomic E-state index is 13.4. The van der Waals surface area contributed by atoms with Crippen LogP contribution in [-0.2, 0) is 6.42 Å². The van der Waals surface area contributed by atoms with Gasteiger partial charge in [-0.3, -0.25) is 4.79 Å². The van der Waals surface area contributed by atoms with Crippen molar-refractivity contribution in [1.82, 2.24) is 10.1 Å². The fourth-order valence-electron chi connectivity index (χ4n) is 4.56. The standard InChI is InChI=1S/C21H26N2O4/c1-4-19-20(13(2)22-27-19)21(24)23-15-9-8-14(10-15)18(23)12-26-17-7-5-6-16(11-17)25-3/h5-7,11,14-15,18H,4,8-10,12H2,1-3H3/t14-,15-,18-/m1/s1. The molecule has 0 radical (unpaired) electrons. The third kappa shape index (κ3) is 3.17. The summed E-state index contributed by atoms with van der Waals surface area (Å²) in [5.41, 5.74) is 1.31. The van der Waals surface area contributed by atoms with Gasteiger partial charge in [-0.15, -0.1) is 0 Å². The van der Waals surface area contributed by atoms with Gasteiger partial charge in [-0.25, -0.2) is 0 Å². The highest BCUT2D eigenvalue weighted by molar-refractivity contribution is 5.97. The summed E-state index contributed by atoms with van der Waals surface area (Å²) in [5, 5.41) is 4.01. The van der Waals surface area contributed by atoms with Crippen LogP contribution in [0.3, 0.4) is 0 Å². The van der Waals surface area contributed by atoms with E-state index < -0.39 is 0 Å². The smallest absolute Gasteiger partial charge is 0.260 e. The van der Waals surface area contributed by atoms with Gasteiger partial charge >= 0.3 is 0 Å². The fraction of sp³-hybridized carbons (Fsp3) is 0.524. The molecule has 2 aliphatic rings. The maximum Gasteiger partial charge on any atom is 0.260 e. The number of fused-ring (bicyclic) bond motifs is 2. The average Bonchev–Trinajstić information content (AvgIpc) is 3.40. The van der Waals surface area contributed by atoms with E-state index in [1.165, 1.54) is 0 Å². The number of amides is 1. The summed E-state index contributed by atoms with van der Waals surface area (Å²) in [6.45, 7) is 4.31. The molecule has 1 aliphatic carbocycles. The summed E-state index contributed by atoms with van der Waals surface area (Å²) < 4.78 is 16.7. The number of aryl methyl sites for hydroxylation is 2. The van der Waals surface area contributed by atoms with Crippen LogP contribution in [0.25, 0.3) is 0 Å². The van der Waals surface area contributed by atoms with Crippen LogP contribution in [-0.4, -0.2) is 41.8 Å². The third-order valence-electron chi connectivity index (χ3n) is 5.91. The van der Waals surface area contributed by atoms with Crippen LogP contribution in [0.1, 0.15) is 48.0 Å². The second-order valence-electron chi connectivity index (χ2n) is 7.42. The summed E-state index contributed by atoms with van der Waals surface area (Å²) in [6, 6.07) is 7.97. The van der Waals surface area contributed by atoms with Gasteiger partial charge in [0.15, 0.2) is 0 Å². The molecule has 1 aromatic heterocycles. The van der Waals surface area contributed by atoms with Gasteiger partial charge in [-0.1, -0.05) is 18.1 Å². The first-order chi connectivity index (χ1) is 13.1. The molecule has 2 fully saturated rings. The number of benzene rings is 1. The van der Waals surface area contributed by atoms with Gasteiger partial charge in [0.05, 0.1) is 18.8 Å². The van der Waals surface area contributed by atoms with Crippen LogP contribution < -0.4 is 9.47 Å². The van der Waals surface area contributed by atoms with Crippen LogP contribution in [0, 0.1) is 12.8 Å². The summed E-state index contributed by atoms with van der Waals surface area (Å²) in [7, 11) is 1.64. The maximum absolute atomic E-state index is 13.4. The zero-order valence-corrected chi connectivity index (χ0v) is 16.1. The zero-order chi connectivity index (χ0) is 19.0. The Labute approximate surface area is 159 Å². The van der Waals surface area contributed by atoms with Crippen molar-refractivity contribution in [3.8, 4) is 11.5 Å². The Balaban J connectivity index is 1.54. The number of methoxy groups -OCH3 is 1. The van der Waals surface area contributed by atoms with E-state index in [1.807, 2.05) is 43.0 Å². The topological polar surface area (TPSA) is 64.8 Å². The van der Waals surface area contributed by atoms with Gasteiger partial charge < -0.3 is 18.9 Å². The normalized spacial score (nSPS) is 23.7. The van der Waals surface area contributed by atoms with E-state index >= 15 is 0 Å². The highest BCUT2D eigenvalue weighted by atomic mass is 16.5. The molecule has 6 nitrogen and oxygen atoms in total. The molecule has 1 saturated heterocycles. The lowest BCUT2D eigenvalue weighted by molar-refractivity contribution is 0.0503. The quantitative estimate of drug-likeness (QED) is 0.777. The number of nitrogens with zero attached hydrogens (tertiary/aromatic N) is 2. The van der Waals surface area contributed by atoms with Crippen LogP contribution in [0.2, 0.25) is 0 Å². The number of hydrogen-bond acceptors (Lipinski definition) is 5. The highest BCUT2D eigenvalue weighted by Gasteiger charge is 2.49. The molecule has 1 saturated carbocycles. The molecule has 1 aliphatic heterocycles. The number of carbonyl (C=O) groups is 1. The van der Waals surface area contributed by atoms with Gasteiger partial charge in [0.1, 0.15) is 29.4 Å². The van der Waals surface area contributed by atoms with Crippen molar-refractivity contribution in [2.45, 2.75) is 51.6 Å². The van der Waals surface area contributed by atoms with Crippen LogP contribution in [0.5, 0.6) is 11.5 Å². The predicted molar refractivity (Wildman–Crippen MR) is 100 cm³/mol. The Hall–Kier alpha value is -2.50. The van der Waals surface area contributed by atoms with Crippen LogP contribution in [0.15, 0.2) is 28.8 Å². The van der Waals surface area contributed by atoms with Gasteiger partial charge in [0.2, 0.25) is 0 Å². The molecule has 144 valence electrons. The minimum atomic E-state index is 0.0389. The molecular formula is C21H26N2O4. The minimum absolute atomic E-state index is 0.0389. The molecular weight excluding hydrogens is 344 g/mol. The van der Waals surface area contributed by atoms with Gasteiger partial charge in [-0.05, 0) is 44.2 Å². The van der Waals surface area contributed by atoms with Crippen LogP contribution >= 0.6 is 0 Å². The predicted octanol–water partition coefficient (Wildman–Crippen LogP) is 3.63. The number of rotatable bonds is 6. The highest BCUT2D eigenvalue weighted by Crippen LogP contribution is 2.43. The molecule has 3 atom stereocenters. The number of piperidine rings is 1. The number of likely N-dealkylation sites (tertiary alicyclic amines) is 1. The summed E-state index contributed by atoms with van der Waals surface area (Å²) in [5.74, 6) is 2.74. The summed E-state index contributed by atoms with van der Waals surface area (Å²) in [6.07, 6.45) is 3.94. The summed E-state index contributed by atoms with van der Waals surface area (Å²) in [4.78, 5) is 15.4. The largest absolute Gasteiger partial charge is 0.497 e. The van der Waals surface area contributed by atoms with Crippen molar-refractivity contribution >= 4 is 5.91 Å². The number of carbonyl (C=O) groups excluding carboxylic acids is 1. The van der Waals surface area contributed by atoms with Gasteiger partial charge in [-0.2, -0.15) is 0 Å². The Morgan fingerprint density at radius 3 is 2.93 bits per heavy atom. The Morgan fingerprint density at radius 1 is 1.33 bits per heavy atom. The SMILES string of the molecule is CCc1onc(C)c1C(=O)N1[C@@H]2CC[C@H](C2)[C@H]1COc1cccc(OC)c1. The van der Waals surface area contributed by atoms with E-state index in [9.17, 15) is 4.79 Å². The average molecular weight is 370 g/mol. The van der Waals surface area contributed by atoms with E-state index in [-0.39, 0.29) is 11.9 Å². The van der Waals surface area contributed by atoms with Crippen molar-refractivity contribution < 1.29 is 18.8 Å². The van der Waals surface area contributed by atoms with E-state index in [0.29, 0.717) is 42.0 Å². The molecule has 2 heterocycles.